The smallest absolute Gasteiger partial charge is 0.256 e. The number of nitrogens with zero attached hydrogens (tertiary/aromatic N) is 5. The van der Waals surface area contributed by atoms with E-state index in [0.717, 1.165) is 51.2 Å². The minimum atomic E-state index is 0.0209. The van der Waals surface area contributed by atoms with Gasteiger partial charge in [0.15, 0.2) is 5.13 Å². The van der Waals surface area contributed by atoms with Gasteiger partial charge in [-0.25, -0.2) is 19.9 Å². The maximum absolute atomic E-state index is 13.5. The number of hydrogen-bond donors (Lipinski definition) is 1. The Hall–Kier alpha value is -3.63. The molecule has 0 spiro atoms. The standard InChI is InChI=1S/C27H26N6O2S2/c1-15-24(37-16(2)30-15)22-14-36-27(31-22)32-23-9-6-17(13-29-23)26(34)33-19-7-8-20(33)12-18(11-19)21-5-4-10-28-25(21)35-3/h4-6,9-11,13-14,19-20H,7-8,12H2,1-3H3,(H,29,31,32)/t19-,20+/m1/s1. The molecule has 0 unspecified atom stereocenters. The molecule has 1 N–H and O–H groups in total. The fourth-order valence-corrected chi connectivity index (χ4v) is 6.87. The number of aromatic nitrogens is 4. The van der Waals surface area contributed by atoms with Gasteiger partial charge in [-0.2, -0.15) is 0 Å². The van der Waals surface area contributed by atoms with Crippen molar-refractivity contribution >= 4 is 45.1 Å². The fraction of sp³-hybridized carbons (Fsp3) is 0.296. The van der Waals surface area contributed by atoms with Gasteiger partial charge in [0.25, 0.3) is 5.91 Å². The van der Waals surface area contributed by atoms with Crippen LogP contribution in [-0.4, -0.2) is 49.9 Å². The van der Waals surface area contributed by atoms with Gasteiger partial charge in [0.1, 0.15) is 5.82 Å². The van der Waals surface area contributed by atoms with Crippen LogP contribution in [0, 0.1) is 13.8 Å². The maximum atomic E-state index is 13.5. The summed E-state index contributed by atoms with van der Waals surface area (Å²) < 4.78 is 5.46. The number of methoxy groups -OCH3 is 1. The van der Waals surface area contributed by atoms with Gasteiger partial charge in [0.05, 0.1) is 40.0 Å². The Labute approximate surface area is 223 Å². The van der Waals surface area contributed by atoms with Gasteiger partial charge in [-0.15, -0.1) is 22.7 Å². The van der Waals surface area contributed by atoms with E-state index < -0.39 is 0 Å². The lowest BCUT2D eigenvalue weighted by atomic mass is 9.95. The molecule has 4 aromatic rings. The molecule has 1 amide bonds. The lowest BCUT2D eigenvalue weighted by molar-refractivity contribution is 0.0692. The van der Waals surface area contributed by atoms with E-state index >= 15 is 0 Å². The number of ether oxygens (including phenoxy) is 1. The molecule has 188 valence electrons. The predicted octanol–water partition coefficient (Wildman–Crippen LogP) is 5.89. The third-order valence-corrected chi connectivity index (χ3v) is 8.68. The normalized spacial score (nSPS) is 18.6. The average molecular weight is 531 g/mol. The zero-order valence-electron chi connectivity index (χ0n) is 20.8. The second-order valence-corrected chi connectivity index (χ2v) is 11.3. The molecule has 0 saturated carbocycles. The fourth-order valence-electron chi connectivity index (χ4n) is 5.20. The van der Waals surface area contributed by atoms with E-state index in [-0.39, 0.29) is 18.0 Å². The summed E-state index contributed by atoms with van der Waals surface area (Å²) in [6, 6.07) is 7.86. The second kappa shape index (κ2) is 9.68. The number of rotatable bonds is 6. The van der Waals surface area contributed by atoms with Crippen LogP contribution in [0.3, 0.4) is 0 Å². The number of amides is 1. The van der Waals surface area contributed by atoms with Gasteiger partial charge in [-0.05, 0) is 62.9 Å². The Morgan fingerprint density at radius 2 is 2.05 bits per heavy atom. The van der Waals surface area contributed by atoms with E-state index in [9.17, 15) is 4.79 Å². The highest BCUT2D eigenvalue weighted by Gasteiger charge is 2.40. The molecular formula is C27H26N6O2S2. The van der Waals surface area contributed by atoms with Crippen LogP contribution in [0.1, 0.15) is 45.9 Å². The van der Waals surface area contributed by atoms with Crippen molar-refractivity contribution in [1.29, 1.82) is 0 Å². The second-order valence-electron chi connectivity index (χ2n) is 9.21. The Kier molecular flexibility index (Phi) is 6.21. The molecule has 2 bridgehead atoms. The summed E-state index contributed by atoms with van der Waals surface area (Å²) >= 11 is 3.17. The number of carbonyl (C=O) groups is 1. The Bertz CT molecular complexity index is 1490. The summed E-state index contributed by atoms with van der Waals surface area (Å²) in [5.41, 5.74) is 4.71. The van der Waals surface area contributed by atoms with E-state index in [1.807, 2.05) is 48.4 Å². The van der Waals surface area contributed by atoms with Crippen LogP contribution in [0.4, 0.5) is 10.9 Å². The molecule has 10 heteroatoms. The van der Waals surface area contributed by atoms with Crippen molar-refractivity contribution in [2.24, 2.45) is 0 Å². The van der Waals surface area contributed by atoms with Gasteiger partial charge < -0.3 is 15.0 Å². The number of pyridine rings is 2. The van der Waals surface area contributed by atoms with Crippen molar-refractivity contribution in [3.8, 4) is 16.5 Å². The van der Waals surface area contributed by atoms with Crippen LogP contribution in [0.2, 0.25) is 0 Å². The molecule has 0 radical (unpaired) electrons. The molecule has 1 fully saturated rings. The first-order valence-electron chi connectivity index (χ1n) is 12.2. The first-order valence-corrected chi connectivity index (χ1v) is 13.9. The van der Waals surface area contributed by atoms with Gasteiger partial charge >= 0.3 is 0 Å². The van der Waals surface area contributed by atoms with Crippen LogP contribution >= 0.6 is 22.7 Å². The zero-order chi connectivity index (χ0) is 25.5. The Morgan fingerprint density at radius 1 is 1.16 bits per heavy atom. The van der Waals surface area contributed by atoms with E-state index in [1.54, 1.807) is 30.8 Å². The molecule has 2 aliphatic rings. The van der Waals surface area contributed by atoms with Gasteiger partial charge in [0.2, 0.25) is 5.88 Å². The van der Waals surface area contributed by atoms with E-state index in [1.165, 1.54) is 16.9 Å². The minimum absolute atomic E-state index is 0.0209. The molecular weight excluding hydrogens is 504 g/mol. The third-order valence-electron chi connectivity index (χ3n) is 6.83. The Morgan fingerprint density at radius 3 is 2.78 bits per heavy atom. The SMILES string of the molecule is COc1ncccc1C1=C[C@H]2CC[C@@H](C1)N2C(=O)c1ccc(Nc2nc(-c3sc(C)nc3C)cs2)nc1. The molecule has 37 heavy (non-hydrogen) atoms. The minimum Gasteiger partial charge on any atom is -0.481 e. The van der Waals surface area contributed by atoms with Crippen LogP contribution in [-0.2, 0) is 0 Å². The third kappa shape index (κ3) is 4.51. The average Bonchev–Trinajstić information content (AvgIpc) is 3.58. The first kappa shape index (κ1) is 23.7. The summed E-state index contributed by atoms with van der Waals surface area (Å²) in [6.45, 7) is 4.01. The van der Waals surface area contributed by atoms with Crippen molar-refractivity contribution in [2.75, 3.05) is 12.4 Å². The van der Waals surface area contributed by atoms with Crippen LogP contribution in [0.5, 0.6) is 5.88 Å². The molecule has 0 aromatic carbocycles. The van der Waals surface area contributed by atoms with Crippen LogP contribution in [0.25, 0.3) is 16.1 Å². The lowest BCUT2D eigenvalue weighted by Crippen LogP contribution is -2.43. The molecule has 1 saturated heterocycles. The molecule has 6 heterocycles. The highest BCUT2D eigenvalue weighted by Crippen LogP contribution is 2.41. The molecule has 6 rings (SSSR count). The number of hydrogen-bond acceptors (Lipinski definition) is 9. The predicted molar refractivity (Wildman–Crippen MR) is 147 cm³/mol. The largest absolute Gasteiger partial charge is 0.481 e. The van der Waals surface area contributed by atoms with Crippen molar-refractivity contribution in [3.63, 3.8) is 0 Å². The van der Waals surface area contributed by atoms with Gasteiger partial charge in [0, 0.05) is 29.4 Å². The summed E-state index contributed by atoms with van der Waals surface area (Å²) in [7, 11) is 1.64. The first-order chi connectivity index (χ1) is 18.0. The molecule has 4 aromatic heterocycles. The number of anilines is 2. The number of carbonyl (C=O) groups excluding carboxylic acids is 1. The van der Waals surface area contributed by atoms with Crippen LogP contribution < -0.4 is 10.1 Å². The number of nitrogens with one attached hydrogen (secondary N) is 1. The van der Waals surface area contributed by atoms with E-state index in [0.29, 0.717) is 17.3 Å². The summed E-state index contributed by atoms with van der Waals surface area (Å²) in [4.78, 5) is 34.6. The zero-order valence-corrected chi connectivity index (χ0v) is 22.4. The topological polar surface area (TPSA) is 93.1 Å². The quantitative estimate of drug-likeness (QED) is 0.332. The Balaban J connectivity index is 1.16. The van der Waals surface area contributed by atoms with E-state index in [2.05, 4.69) is 26.3 Å². The molecule has 0 aliphatic carbocycles. The van der Waals surface area contributed by atoms with Gasteiger partial charge in [-0.1, -0.05) is 6.08 Å². The molecule has 8 nitrogen and oxygen atoms in total. The van der Waals surface area contributed by atoms with Crippen LogP contribution in [0.15, 0.2) is 48.1 Å². The van der Waals surface area contributed by atoms with Crippen molar-refractivity contribution in [1.82, 2.24) is 24.8 Å². The highest BCUT2D eigenvalue weighted by molar-refractivity contribution is 7.16. The number of fused-ring (bicyclic) bond motifs is 2. The maximum Gasteiger partial charge on any atom is 0.256 e. The van der Waals surface area contributed by atoms with Gasteiger partial charge in [-0.3, -0.25) is 4.79 Å². The lowest BCUT2D eigenvalue weighted by Gasteiger charge is -2.34. The summed E-state index contributed by atoms with van der Waals surface area (Å²) in [6.07, 6.45) is 8.33. The van der Waals surface area contributed by atoms with Crippen molar-refractivity contribution in [2.45, 2.75) is 45.2 Å². The van der Waals surface area contributed by atoms with Crippen molar-refractivity contribution < 1.29 is 9.53 Å². The molecule has 2 aliphatic heterocycles. The number of thiazole rings is 2. The number of aryl methyl sites for hydroxylation is 2. The summed E-state index contributed by atoms with van der Waals surface area (Å²) in [5, 5.41) is 7.07. The van der Waals surface area contributed by atoms with E-state index in [4.69, 9.17) is 9.72 Å². The van der Waals surface area contributed by atoms with Crippen molar-refractivity contribution in [3.05, 3.63) is 69.9 Å². The summed E-state index contributed by atoms with van der Waals surface area (Å²) in [5.74, 6) is 1.31. The monoisotopic (exact) mass is 530 g/mol. The molecule has 2 atom stereocenters. The highest BCUT2D eigenvalue weighted by atomic mass is 32.1.